The van der Waals surface area contributed by atoms with Gasteiger partial charge in [0.15, 0.2) is 0 Å². The fourth-order valence-corrected chi connectivity index (χ4v) is 7.01. The maximum Gasteiger partial charge on any atom is 0.264 e. The van der Waals surface area contributed by atoms with E-state index in [2.05, 4.69) is 5.32 Å². The van der Waals surface area contributed by atoms with Crippen molar-refractivity contribution in [1.82, 2.24) is 10.2 Å². The SMILES string of the molecule is CCc1ccccc1N(CC(=O)N(Cc1ccc(F)cc1)[C@H](CC)C(=O)NC1CCCCC1)S(=O)(=O)c1ccccc1. The predicted molar refractivity (Wildman–Crippen MR) is 163 cm³/mol. The first-order chi connectivity index (χ1) is 20.2. The summed E-state index contributed by atoms with van der Waals surface area (Å²) in [5.74, 6) is -1.18. The van der Waals surface area contributed by atoms with Crippen LogP contribution in [0.25, 0.3) is 0 Å². The number of benzene rings is 3. The van der Waals surface area contributed by atoms with Gasteiger partial charge in [0, 0.05) is 12.6 Å². The topological polar surface area (TPSA) is 86.8 Å². The Morgan fingerprint density at radius 2 is 1.55 bits per heavy atom. The van der Waals surface area contributed by atoms with Gasteiger partial charge in [-0.05, 0) is 67.1 Å². The zero-order chi connectivity index (χ0) is 30.1. The third kappa shape index (κ3) is 7.56. The maximum absolute atomic E-state index is 14.2. The van der Waals surface area contributed by atoms with Crippen LogP contribution in [0.5, 0.6) is 0 Å². The van der Waals surface area contributed by atoms with Crippen molar-refractivity contribution in [2.24, 2.45) is 0 Å². The molecule has 0 spiro atoms. The Balaban J connectivity index is 1.72. The Hall–Kier alpha value is -3.72. The van der Waals surface area contributed by atoms with E-state index < -0.39 is 34.3 Å². The number of hydrogen-bond donors (Lipinski definition) is 1. The minimum Gasteiger partial charge on any atom is -0.352 e. The number of carbonyl (C=O) groups excluding carboxylic acids is 2. The summed E-state index contributed by atoms with van der Waals surface area (Å²) in [6, 6.07) is 20.1. The van der Waals surface area contributed by atoms with E-state index in [-0.39, 0.29) is 23.4 Å². The number of hydrogen-bond acceptors (Lipinski definition) is 4. The van der Waals surface area contributed by atoms with E-state index >= 15 is 0 Å². The maximum atomic E-state index is 14.2. The van der Waals surface area contributed by atoms with E-state index in [0.717, 1.165) is 42.0 Å². The Bertz CT molecular complexity index is 1440. The summed E-state index contributed by atoms with van der Waals surface area (Å²) < 4.78 is 42.9. The summed E-state index contributed by atoms with van der Waals surface area (Å²) in [5, 5.41) is 3.13. The van der Waals surface area contributed by atoms with Gasteiger partial charge in [-0.1, -0.05) is 81.6 Å². The molecule has 0 aliphatic heterocycles. The number of sulfonamides is 1. The van der Waals surface area contributed by atoms with Crippen LogP contribution in [0.1, 0.15) is 63.5 Å². The lowest BCUT2D eigenvalue weighted by Gasteiger charge is -2.35. The van der Waals surface area contributed by atoms with Crippen LogP contribution in [-0.4, -0.2) is 43.8 Å². The molecule has 4 rings (SSSR count). The fourth-order valence-electron chi connectivity index (χ4n) is 5.54. The Morgan fingerprint density at radius 1 is 0.905 bits per heavy atom. The third-order valence-corrected chi connectivity index (χ3v) is 9.63. The van der Waals surface area contributed by atoms with Crippen molar-refractivity contribution in [3.05, 3.63) is 95.8 Å². The summed E-state index contributed by atoms with van der Waals surface area (Å²) in [5.41, 5.74) is 1.83. The van der Waals surface area contributed by atoms with Gasteiger partial charge in [-0.15, -0.1) is 0 Å². The smallest absolute Gasteiger partial charge is 0.264 e. The minimum atomic E-state index is -4.13. The van der Waals surface area contributed by atoms with E-state index in [1.807, 2.05) is 26.0 Å². The summed E-state index contributed by atoms with van der Waals surface area (Å²) in [6.45, 7) is 3.30. The highest BCUT2D eigenvalue weighted by molar-refractivity contribution is 7.92. The number of halogens is 1. The van der Waals surface area contributed by atoms with Crippen molar-refractivity contribution in [2.45, 2.75) is 82.3 Å². The first-order valence-corrected chi connectivity index (χ1v) is 16.2. The monoisotopic (exact) mass is 593 g/mol. The zero-order valence-electron chi connectivity index (χ0n) is 24.3. The molecule has 3 aromatic rings. The number of rotatable bonds is 12. The molecule has 0 radical (unpaired) electrons. The Morgan fingerprint density at radius 3 is 2.19 bits per heavy atom. The normalized spacial score (nSPS) is 14.6. The van der Waals surface area contributed by atoms with Gasteiger partial charge in [-0.3, -0.25) is 13.9 Å². The first-order valence-electron chi connectivity index (χ1n) is 14.7. The van der Waals surface area contributed by atoms with Gasteiger partial charge in [0.25, 0.3) is 10.0 Å². The third-order valence-electron chi connectivity index (χ3n) is 7.85. The van der Waals surface area contributed by atoms with Crippen molar-refractivity contribution in [1.29, 1.82) is 0 Å². The average molecular weight is 594 g/mol. The second-order valence-electron chi connectivity index (χ2n) is 10.7. The molecule has 7 nitrogen and oxygen atoms in total. The van der Waals surface area contributed by atoms with Crippen LogP contribution in [0.15, 0.2) is 83.8 Å². The lowest BCUT2D eigenvalue weighted by molar-refractivity contribution is -0.140. The molecule has 1 atom stereocenters. The minimum absolute atomic E-state index is 0.0321. The lowest BCUT2D eigenvalue weighted by atomic mass is 9.95. The average Bonchev–Trinajstić information content (AvgIpc) is 3.01. The first kappa shape index (κ1) is 31.2. The molecule has 1 aliphatic rings. The zero-order valence-corrected chi connectivity index (χ0v) is 25.2. The molecule has 1 saturated carbocycles. The molecule has 1 fully saturated rings. The Labute approximate surface area is 248 Å². The summed E-state index contributed by atoms with van der Waals surface area (Å²) in [6.07, 6.45) is 5.92. The van der Waals surface area contributed by atoms with Crippen LogP contribution in [0.4, 0.5) is 10.1 Å². The van der Waals surface area contributed by atoms with Crippen LogP contribution >= 0.6 is 0 Å². The number of nitrogens with one attached hydrogen (secondary N) is 1. The van der Waals surface area contributed by atoms with Gasteiger partial charge >= 0.3 is 0 Å². The number of nitrogens with zero attached hydrogens (tertiary/aromatic N) is 2. The van der Waals surface area contributed by atoms with Gasteiger partial charge < -0.3 is 10.2 Å². The molecular weight excluding hydrogens is 553 g/mol. The van der Waals surface area contributed by atoms with Crippen LogP contribution in [0, 0.1) is 5.82 Å². The molecule has 3 aromatic carbocycles. The molecular formula is C33H40FN3O4S. The van der Waals surface area contributed by atoms with Gasteiger partial charge in [-0.2, -0.15) is 0 Å². The molecule has 0 aromatic heterocycles. The van der Waals surface area contributed by atoms with Gasteiger partial charge in [-0.25, -0.2) is 12.8 Å². The van der Waals surface area contributed by atoms with E-state index in [4.69, 9.17) is 0 Å². The van der Waals surface area contributed by atoms with Gasteiger partial charge in [0.1, 0.15) is 18.4 Å². The van der Waals surface area contributed by atoms with E-state index in [1.165, 1.54) is 29.2 Å². The molecule has 0 unspecified atom stereocenters. The highest BCUT2D eigenvalue weighted by Crippen LogP contribution is 2.28. The van der Waals surface area contributed by atoms with Crippen LogP contribution in [-0.2, 0) is 32.6 Å². The van der Waals surface area contributed by atoms with Crippen LogP contribution in [0.3, 0.4) is 0 Å². The van der Waals surface area contributed by atoms with Crippen molar-refractivity contribution < 1.29 is 22.4 Å². The molecule has 1 aliphatic carbocycles. The molecule has 42 heavy (non-hydrogen) atoms. The largest absolute Gasteiger partial charge is 0.352 e. The van der Waals surface area contributed by atoms with Crippen molar-refractivity contribution in [2.75, 3.05) is 10.8 Å². The molecule has 0 saturated heterocycles. The number of carbonyl (C=O) groups is 2. The second kappa shape index (κ2) is 14.4. The van der Waals surface area contributed by atoms with Gasteiger partial charge in [0.05, 0.1) is 10.6 Å². The number of aryl methyl sites for hydroxylation is 1. The highest BCUT2D eigenvalue weighted by Gasteiger charge is 2.35. The van der Waals surface area contributed by atoms with E-state index in [0.29, 0.717) is 24.1 Å². The number of amides is 2. The van der Waals surface area contributed by atoms with Crippen molar-refractivity contribution in [3.8, 4) is 0 Å². The molecule has 0 bridgehead atoms. The van der Waals surface area contributed by atoms with Crippen molar-refractivity contribution >= 4 is 27.5 Å². The molecule has 1 N–H and O–H groups in total. The molecule has 224 valence electrons. The highest BCUT2D eigenvalue weighted by atomic mass is 32.2. The predicted octanol–water partition coefficient (Wildman–Crippen LogP) is 5.84. The summed E-state index contributed by atoms with van der Waals surface area (Å²) in [7, 11) is -4.13. The lowest BCUT2D eigenvalue weighted by Crippen LogP contribution is -2.54. The van der Waals surface area contributed by atoms with Crippen molar-refractivity contribution in [3.63, 3.8) is 0 Å². The Kier molecular flexibility index (Phi) is 10.7. The van der Waals surface area contributed by atoms with Gasteiger partial charge in [0.2, 0.25) is 11.8 Å². The fraction of sp³-hybridized carbons (Fsp3) is 0.394. The van der Waals surface area contributed by atoms with E-state index in [9.17, 15) is 22.4 Å². The van der Waals surface area contributed by atoms with Crippen LogP contribution in [0.2, 0.25) is 0 Å². The molecule has 2 amide bonds. The molecule has 0 heterocycles. The standard InChI is InChI=1S/C33H40FN3O4S/c1-3-26-13-11-12-18-31(26)37(42(40,41)29-16-9-6-10-17-29)24-32(38)36(23-25-19-21-27(34)22-20-25)30(4-2)33(39)35-28-14-7-5-8-15-28/h6,9-13,16-22,28,30H,3-5,7-8,14-15,23-24H2,1-2H3,(H,35,39)/t30-/m1/s1. The van der Waals surface area contributed by atoms with Crippen LogP contribution < -0.4 is 9.62 Å². The molecule has 9 heteroatoms. The van der Waals surface area contributed by atoms with E-state index in [1.54, 1.807) is 42.5 Å². The summed E-state index contributed by atoms with van der Waals surface area (Å²) >= 11 is 0. The second-order valence-corrected chi connectivity index (χ2v) is 12.6. The number of anilines is 1. The quantitative estimate of drug-likeness (QED) is 0.286. The summed E-state index contributed by atoms with van der Waals surface area (Å²) in [4.78, 5) is 29.4. The number of para-hydroxylation sites is 1.